The molecule has 0 unspecified atom stereocenters. The normalized spacial score (nSPS) is 11.3. The van der Waals surface area contributed by atoms with Crippen molar-refractivity contribution in [2.75, 3.05) is 5.73 Å². The van der Waals surface area contributed by atoms with Crippen LogP contribution in [-0.4, -0.2) is 34.1 Å². The number of amides is 1. The molecule has 35 heavy (non-hydrogen) atoms. The summed E-state index contributed by atoms with van der Waals surface area (Å²) in [4.78, 5) is 21.4. The Bertz CT molecular complexity index is 1520. The third-order valence-electron chi connectivity index (χ3n) is 5.10. The number of nitrogens with two attached hydrogens (primary N) is 1. The second-order valence-corrected chi connectivity index (χ2v) is 9.72. The number of hydrogen-bond acceptors (Lipinski definition) is 8. The summed E-state index contributed by atoms with van der Waals surface area (Å²) in [5.74, 6) is -0.0739. The molecule has 0 spiro atoms. The van der Waals surface area contributed by atoms with Crippen LogP contribution in [0, 0.1) is 27.7 Å². The highest BCUT2D eigenvalue weighted by atomic mass is 32.2. The first-order valence-electron chi connectivity index (χ1n) is 10.6. The number of carbonyl (C=O) groups excluding carboxylic acids is 1. The van der Waals surface area contributed by atoms with E-state index < -0.39 is 15.9 Å². The van der Waals surface area contributed by atoms with Crippen LogP contribution in [0.3, 0.4) is 0 Å². The summed E-state index contributed by atoms with van der Waals surface area (Å²) in [6, 6.07) is 12.8. The number of benzene rings is 1. The summed E-state index contributed by atoms with van der Waals surface area (Å²) in [6.07, 6.45) is 1.72. The molecule has 11 heteroatoms. The molecule has 10 nitrogen and oxygen atoms in total. The maximum Gasteiger partial charge on any atom is 0.281 e. The molecule has 0 aliphatic carbocycles. The molecule has 1 aromatic carbocycles. The summed E-state index contributed by atoms with van der Waals surface area (Å²) < 4.78 is 35.2. The molecule has 3 aromatic heterocycles. The number of anilines is 1. The van der Waals surface area contributed by atoms with E-state index in [-0.39, 0.29) is 22.3 Å². The number of pyridine rings is 2. The zero-order chi connectivity index (χ0) is 25.3. The number of carbonyl (C=O) groups is 1. The van der Waals surface area contributed by atoms with E-state index in [9.17, 15) is 13.2 Å². The number of nitrogens with one attached hydrogen (secondary N) is 1. The summed E-state index contributed by atoms with van der Waals surface area (Å²) in [6.45, 7) is 7.57. The van der Waals surface area contributed by atoms with Gasteiger partial charge in [-0.15, -0.1) is 0 Å². The molecule has 0 aliphatic rings. The van der Waals surface area contributed by atoms with Gasteiger partial charge in [0.1, 0.15) is 17.1 Å². The van der Waals surface area contributed by atoms with Gasteiger partial charge in [0.15, 0.2) is 10.8 Å². The third kappa shape index (κ3) is 5.14. The first-order valence-corrected chi connectivity index (χ1v) is 12.1. The zero-order valence-corrected chi connectivity index (χ0v) is 20.4. The maximum absolute atomic E-state index is 13.1. The van der Waals surface area contributed by atoms with Crippen molar-refractivity contribution < 1.29 is 17.9 Å². The lowest BCUT2D eigenvalue weighted by atomic mass is 10.1. The lowest BCUT2D eigenvalue weighted by molar-refractivity contribution is 0.0978. The van der Waals surface area contributed by atoms with E-state index in [0.29, 0.717) is 11.6 Å². The largest absolute Gasteiger partial charge is 0.438 e. The predicted molar refractivity (Wildman–Crippen MR) is 130 cm³/mol. The van der Waals surface area contributed by atoms with E-state index in [0.717, 1.165) is 22.4 Å². The molecular formula is C24H24N6O4S. The lowest BCUT2D eigenvalue weighted by Gasteiger charge is -2.16. The van der Waals surface area contributed by atoms with Crippen molar-refractivity contribution in [1.29, 1.82) is 0 Å². The van der Waals surface area contributed by atoms with Crippen LogP contribution in [0.2, 0.25) is 0 Å². The van der Waals surface area contributed by atoms with Crippen LogP contribution in [0.15, 0.2) is 59.8 Å². The molecule has 0 fully saturated rings. The van der Waals surface area contributed by atoms with Gasteiger partial charge in [0.2, 0.25) is 5.88 Å². The molecule has 4 aromatic rings. The van der Waals surface area contributed by atoms with Crippen molar-refractivity contribution in [3.8, 4) is 17.4 Å². The summed E-state index contributed by atoms with van der Waals surface area (Å²) >= 11 is 0. The first-order chi connectivity index (χ1) is 16.5. The van der Waals surface area contributed by atoms with Gasteiger partial charge in [0, 0.05) is 6.20 Å². The smallest absolute Gasteiger partial charge is 0.281 e. The summed E-state index contributed by atoms with van der Waals surface area (Å²) in [7, 11) is -4.29. The van der Waals surface area contributed by atoms with E-state index in [1.54, 1.807) is 12.3 Å². The van der Waals surface area contributed by atoms with Crippen molar-refractivity contribution in [2.45, 2.75) is 32.7 Å². The minimum Gasteiger partial charge on any atom is -0.438 e. The molecule has 4 rings (SSSR count). The molecule has 1 amide bonds. The van der Waals surface area contributed by atoms with Gasteiger partial charge in [-0.2, -0.15) is 18.5 Å². The highest BCUT2D eigenvalue weighted by Gasteiger charge is 2.25. The van der Waals surface area contributed by atoms with E-state index in [1.165, 1.54) is 28.9 Å². The second-order valence-electron chi connectivity index (χ2n) is 8.09. The van der Waals surface area contributed by atoms with Crippen LogP contribution >= 0.6 is 0 Å². The Kier molecular flexibility index (Phi) is 6.27. The Morgan fingerprint density at radius 1 is 1.00 bits per heavy atom. The molecule has 3 heterocycles. The molecule has 0 saturated heterocycles. The monoisotopic (exact) mass is 492 g/mol. The molecule has 180 valence electrons. The number of rotatable bonds is 6. The van der Waals surface area contributed by atoms with Gasteiger partial charge in [-0.1, -0.05) is 23.8 Å². The Morgan fingerprint density at radius 2 is 1.71 bits per heavy atom. The average Bonchev–Trinajstić information content (AvgIpc) is 3.22. The minimum absolute atomic E-state index is 0.00945. The van der Waals surface area contributed by atoms with Crippen LogP contribution < -0.4 is 15.2 Å². The number of ether oxygens (including phenoxy) is 1. The Hall–Kier alpha value is -4.25. The van der Waals surface area contributed by atoms with Crippen molar-refractivity contribution in [3.05, 3.63) is 82.7 Å². The molecule has 0 atom stereocenters. The van der Waals surface area contributed by atoms with Crippen LogP contribution in [0.5, 0.6) is 11.6 Å². The van der Waals surface area contributed by atoms with Gasteiger partial charge in [0.25, 0.3) is 15.9 Å². The second kappa shape index (κ2) is 9.18. The molecular weight excluding hydrogens is 468 g/mol. The van der Waals surface area contributed by atoms with E-state index in [4.69, 9.17) is 10.5 Å². The van der Waals surface area contributed by atoms with Crippen molar-refractivity contribution in [2.24, 2.45) is 0 Å². The topological polar surface area (TPSA) is 142 Å². The number of nitrogen functional groups attached to an aromatic ring is 1. The van der Waals surface area contributed by atoms with Crippen LogP contribution in [0.1, 0.15) is 32.7 Å². The van der Waals surface area contributed by atoms with Crippen molar-refractivity contribution in [1.82, 2.24) is 24.5 Å². The Morgan fingerprint density at radius 3 is 2.34 bits per heavy atom. The molecule has 0 radical (unpaired) electrons. The fourth-order valence-corrected chi connectivity index (χ4v) is 4.53. The molecule has 0 saturated carbocycles. The average molecular weight is 493 g/mol. The number of sulfonamides is 1. The number of aryl methyl sites for hydroxylation is 4. The standard InChI is InChI=1S/C24H24N6O4S/c1-14-12-15(2)22(16(3)13-14)34-24-18(8-9-20(27-24)30-11-10-17(4)28-30)23(31)29-35(32,33)21-7-5-6-19(25)26-21/h5-13H,1-4H3,(H2,25,26)(H,29,31). The van der Waals surface area contributed by atoms with Gasteiger partial charge in [-0.3, -0.25) is 4.79 Å². The molecule has 0 aliphatic heterocycles. The van der Waals surface area contributed by atoms with E-state index >= 15 is 0 Å². The quantitative estimate of drug-likeness (QED) is 0.417. The van der Waals surface area contributed by atoms with Crippen LogP contribution in [0.25, 0.3) is 5.82 Å². The minimum atomic E-state index is -4.29. The highest BCUT2D eigenvalue weighted by Crippen LogP contribution is 2.31. The number of nitrogens with zero attached hydrogens (tertiary/aromatic N) is 4. The maximum atomic E-state index is 13.1. The van der Waals surface area contributed by atoms with Gasteiger partial charge < -0.3 is 10.5 Å². The lowest BCUT2D eigenvalue weighted by Crippen LogP contribution is -2.31. The number of hydrogen-bond donors (Lipinski definition) is 2. The van der Waals surface area contributed by atoms with Crippen LogP contribution in [0.4, 0.5) is 5.82 Å². The Balaban J connectivity index is 1.76. The zero-order valence-electron chi connectivity index (χ0n) is 19.6. The fourth-order valence-electron chi connectivity index (χ4n) is 3.59. The molecule has 0 bridgehead atoms. The summed E-state index contributed by atoms with van der Waals surface area (Å²) in [5.41, 5.74) is 9.03. The first kappa shape index (κ1) is 23.9. The van der Waals surface area contributed by atoms with E-state index in [2.05, 4.69) is 15.1 Å². The van der Waals surface area contributed by atoms with Crippen LogP contribution in [-0.2, 0) is 10.0 Å². The number of aromatic nitrogens is 4. The van der Waals surface area contributed by atoms with E-state index in [1.807, 2.05) is 50.6 Å². The fraction of sp³-hybridized carbons (Fsp3) is 0.167. The predicted octanol–water partition coefficient (Wildman–Crippen LogP) is 3.39. The molecule has 3 N–H and O–H groups in total. The van der Waals surface area contributed by atoms with Gasteiger partial charge in [0.05, 0.1) is 5.69 Å². The van der Waals surface area contributed by atoms with Gasteiger partial charge in [-0.25, -0.2) is 14.4 Å². The van der Waals surface area contributed by atoms with Crippen molar-refractivity contribution >= 4 is 21.7 Å². The van der Waals surface area contributed by atoms with Gasteiger partial charge >= 0.3 is 0 Å². The Labute approximate surface area is 202 Å². The summed E-state index contributed by atoms with van der Waals surface area (Å²) in [5, 5.41) is 3.96. The third-order valence-corrected chi connectivity index (χ3v) is 6.33. The van der Waals surface area contributed by atoms with Gasteiger partial charge in [-0.05, 0) is 69.2 Å². The highest BCUT2D eigenvalue weighted by molar-refractivity contribution is 7.90. The van der Waals surface area contributed by atoms with Crippen molar-refractivity contribution in [3.63, 3.8) is 0 Å². The SMILES string of the molecule is Cc1cc(C)c(Oc2nc(-n3ccc(C)n3)ccc2C(=O)NS(=O)(=O)c2cccc(N)n2)c(C)c1.